The summed E-state index contributed by atoms with van der Waals surface area (Å²) >= 11 is 7.76. The molecule has 4 aromatic rings. The number of rotatable bonds is 5. The molecule has 0 fully saturated rings. The summed E-state index contributed by atoms with van der Waals surface area (Å²) in [6.07, 6.45) is 0. The zero-order valence-corrected chi connectivity index (χ0v) is 21.7. The van der Waals surface area contributed by atoms with Crippen molar-refractivity contribution in [3.63, 3.8) is 0 Å². The average Bonchev–Trinajstić information content (AvgIpc) is 3.22. The summed E-state index contributed by atoms with van der Waals surface area (Å²) < 4.78 is 23.3. The molecule has 0 amide bonds. The van der Waals surface area contributed by atoms with Crippen LogP contribution in [-0.2, 0) is 0 Å². The van der Waals surface area contributed by atoms with Gasteiger partial charge in [-0.05, 0) is 42.8 Å². The standard InChI is InChI=1S/C28H21ClN2O5S/c1-14-4-7-18-23(10-14)37-26(25(18)29)28(32)35-16-5-8-17-22(12-16)36-27(31)20(13-30)24(17)19-11-15(33-2)6-9-21(19)34-3/h4-12,24H,31H2,1-3H3. The first-order chi connectivity index (χ1) is 17.8. The van der Waals surface area contributed by atoms with E-state index in [1.165, 1.54) is 11.3 Å². The fourth-order valence-corrected chi connectivity index (χ4v) is 5.82. The van der Waals surface area contributed by atoms with Gasteiger partial charge in [-0.3, -0.25) is 0 Å². The molecular weight excluding hydrogens is 512 g/mol. The highest BCUT2D eigenvalue weighted by atomic mass is 35.5. The normalized spacial score (nSPS) is 14.5. The summed E-state index contributed by atoms with van der Waals surface area (Å²) in [5, 5.41) is 11.0. The highest BCUT2D eigenvalue weighted by molar-refractivity contribution is 7.21. The van der Waals surface area contributed by atoms with Gasteiger partial charge in [0.05, 0.1) is 25.2 Å². The molecule has 2 N–H and O–H groups in total. The lowest BCUT2D eigenvalue weighted by Crippen LogP contribution is -2.21. The Labute approximate surface area is 222 Å². The van der Waals surface area contributed by atoms with Gasteiger partial charge in [-0.25, -0.2) is 4.79 Å². The van der Waals surface area contributed by atoms with Gasteiger partial charge in [0.15, 0.2) is 0 Å². The Morgan fingerprint density at radius 2 is 1.84 bits per heavy atom. The van der Waals surface area contributed by atoms with Gasteiger partial charge in [0.2, 0.25) is 5.88 Å². The molecule has 5 rings (SSSR count). The van der Waals surface area contributed by atoms with Gasteiger partial charge >= 0.3 is 5.97 Å². The number of ether oxygens (including phenoxy) is 4. The number of fused-ring (bicyclic) bond motifs is 2. The van der Waals surface area contributed by atoms with Crippen molar-refractivity contribution in [3.8, 4) is 29.1 Å². The number of allylic oxidation sites excluding steroid dienone is 1. The van der Waals surface area contributed by atoms with Gasteiger partial charge in [0, 0.05) is 27.3 Å². The van der Waals surface area contributed by atoms with Crippen molar-refractivity contribution < 1.29 is 23.7 Å². The van der Waals surface area contributed by atoms with Crippen molar-refractivity contribution in [1.29, 1.82) is 5.26 Å². The quantitative estimate of drug-likeness (QED) is 0.237. The average molecular weight is 533 g/mol. The number of halogens is 1. The van der Waals surface area contributed by atoms with Crippen molar-refractivity contribution in [2.75, 3.05) is 14.2 Å². The van der Waals surface area contributed by atoms with E-state index in [2.05, 4.69) is 6.07 Å². The summed E-state index contributed by atoms with van der Waals surface area (Å²) in [4.78, 5) is 13.3. The van der Waals surface area contributed by atoms with E-state index in [0.29, 0.717) is 38.3 Å². The summed E-state index contributed by atoms with van der Waals surface area (Å²) in [6.45, 7) is 1.98. The predicted molar refractivity (Wildman–Crippen MR) is 142 cm³/mol. The third kappa shape index (κ3) is 4.33. The van der Waals surface area contributed by atoms with Gasteiger partial charge < -0.3 is 24.7 Å². The lowest BCUT2D eigenvalue weighted by molar-refractivity contribution is 0.0740. The minimum Gasteiger partial charge on any atom is -0.497 e. The molecule has 7 nitrogen and oxygen atoms in total. The van der Waals surface area contributed by atoms with Gasteiger partial charge in [0.25, 0.3) is 0 Å². The first-order valence-corrected chi connectivity index (χ1v) is 12.4. The number of esters is 1. The molecule has 2 heterocycles. The van der Waals surface area contributed by atoms with Gasteiger partial charge in [-0.2, -0.15) is 5.26 Å². The second-order valence-electron chi connectivity index (χ2n) is 8.37. The number of hydrogen-bond donors (Lipinski definition) is 1. The van der Waals surface area contributed by atoms with E-state index in [0.717, 1.165) is 15.6 Å². The third-order valence-electron chi connectivity index (χ3n) is 6.12. The second-order valence-corrected chi connectivity index (χ2v) is 9.80. The molecular formula is C28H21ClN2O5S. The first kappa shape index (κ1) is 24.5. The Kier molecular flexibility index (Phi) is 6.42. The Bertz CT molecular complexity index is 1640. The number of nitrogens with zero attached hydrogens (tertiary/aromatic N) is 1. The minimum atomic E-state index is -0.580. The van der Waals surface area contributed by atoms with Crippen LogP contribution in [0, 0.1) is 18.3 Å². The number of benzene rings is 3. The largest absolute Gasteiger partial charge is 0.497 e. The van der Waals surface area contributed by atoms with Crippen LogP contribution in [0.15, 0.2) is 66.1 Å². The summed E-state index contributed by atoms with van der Waals surface area (Å²) in [5.41, 5.74) is 8.80. The number of nitrogens with two attached hydrogens (primary N) is 1. The van der Waals surface area contributed by atoms with E-state index in [1.54, 1.807) is 50.6 Å². The molecule has 1 atom stereocenters. The Morgan fingerprint density at radius 1 is 1.05 bits per heavy atom. The number of aryl methyl sites for hydroxylation is 1. The van der Waals surface area contributed by atoms with E-state index in [4.69, 9.17) is 36.3 Å². The molecule has 0 bridgehead atoms. The number of thiophene rings is 1. The van der Waals surface area contributed by atoms with Crippen LogP contribution < -0.4 is 24.7 Å². The molecule has 1 unspecified atom stereocenters. The van der Waals surface area contributed by atoms with Crippen LogP contribution in [0.2, 0.25) is 5.02 Å². The van der Waals surface area contributed by atoms with Gasteiger partial charge in [0.1, 0.15) is 39.5 Å². The number of carbonyl (C=O) groups excluding carboxylic acids is 1. The van der Waals surface area contributed by atoms with Crippen molar-refractivity contribution in [3.05, 3.63) is 92.6 Å². The summed E-state index contributed by atoms with van der Waals surface area (Å²) in [6, 6.07) is 18.2. The van der Waals surface area contributed by atoms with Crippen LogP contribution in [-0.4, -0.2) is 20.2 Å². The van der Waals surface area contributed by atoms with E-state index in [9.17, 15) is 10.1 Å². The maximum atomic E-state index is 13.0. The topological polar surface area (TPSA) is 104 Å². The lowest BCUT2D eigenvalue weighted by atomic mass is 9.83. The lowest BCUT2D eigenvalue weighted by Gasteiger charge is -2.28. The Hall–Kier alpha value is -4.19. The molecule has 0 saturated heterocycles. The molecule has 186 valence electrons. The van der Waals surface area contributed by atoms with E-state index >= 15 is 0 Å². The van der Waals surface area contributed by atoms with Crippen LogP contribution in [0.25, 0.3) is 10.1 Å². The van der Waals surface area contributed by atoms with Crippen LogP contribution in [0.1, 0.15) is 32.3 Å². The maximum absolute atomic E-state index is 13.0. The van der Waals surface area contributed by atoms with Crippen molar-refractivity contribution in [1.82, 2.24) is 0 Å². The van der Waals surface area contributed by atoms with Gasteiger partial charge in [-0.1, -0.05) is 29.8 Å². The SMILES string of the molecule is COc1ccc(OC)c(C2C(C#N)=C(N)Oc3cc(OC(=O)c4sc5cc(C)ccc5c4Cl)ccc32)c1. The monoisotopic (exact) mass is 532 g/mol. The molecule has 0 spiro atoms. The first-order valence-electron chi connectivity index (χ1n) is 11.2. The zero-order chi connectivity index (χ0) is 26.3. The fourth-order valence-electron chi connectivity index (χ4n) is 4.34. The van der Waals surface area contributed by atoms with E-state index < -0.39 is 11.9 Å². The highest BCUT2D eigenvalue weighted by Crippen LogP contribution is 2.47. The molecule has 9 heteroatoms. The molecule has 1 aliphatic heterocycles. The molecule has 3 aromatic carbocycles. The number of methoxy groups -OCH3 is 2. The van der Waals surface area contributed by atoms with E-state index in [1.807, 2.05) is 25.1 Å². The second kappa shape index (κ2) is 9.69. The molecule has 37 heavy (non-hydrogen) atoms. The smallest absolute Gasteiger partial charge is 0.355 e. The predicted octanol–water partition coefficient (Wildman–Crippen LogP) is 6.32. The molecule has 1 aliphatic rings. The number of hydrogen-bond acceptors (Lipinski definition) is 8. The fraction of sp³-hybridized carbons (Fsp3) is 0.143. The minimum absolute atomic E-state index is 0.0451. The zero-order valence-electron chi connectivity index (χ0n) is 20.1. The maximum Gasteiger partial charge on any atom is 0.355 e. The number of carbonyl (C=O) groups is 1. The highest BCUT2D eigenvalue weighted by Gasteiger charge is 2.33. The third-order valence-corrected chi connectivity index (χ3v) is 7.76. The van der Waals surface area contributed by atoms with Crippen molar-refractivity contribution in [2.24, 2.45) is 5.73 Å². The Balaban J connectivity index is 1.53. The molecule has 1 aromatic heterocycles. The van der Waals surface area contributed by atoms with Gasteiger partial charge in [-0.15, -0.1) is 11.3 Å². The Morgan fingerprint density at radius 3 is 2.57 bits per heavy atom. The van der Waals surface area contributed by atoms with Crippen molar-refractivity contribution >= 4 is 39.0 Å². The van der Waals surface area contributed by atoms with Crippen molar-refractivity contribution in [2.45, 2.75) is 12.8 Å². The summed E-state index contributed by atoms with van der Waals surface area (Å²) in [7, 11) is 3.11. The molecule has 0 radical (unpaired) electrons. The molecule has 0 aliphatic carbocycles. The number of nitriles is 1. The van der Waals surface area contributed by atoms with Crippen LogP contribution >= 0.6 is 22.9 Å². The van der Waals surface area contributed by atoms with Crippen LogP contribution in [0.5, 0.6) is 23.0 Å². The molecule has 0 saturated carbocycles. The van der Waals surface area contributed by atoms with Crippen LogP contribution in [0.4, 0.5) is 0 Å². The van der Waals surface area contributed by atoms with Crippen LogP contribution in [0.3, 0.4) is 0 Å². The summed E-state index contributed by atoms with van der Waals surface area (Å²) in [5.74, 6) is 0.560. The van der Waals surface area contributed by atoms with E-state index in [-0.39, 0.29) is 17.2 Å².